The number of imide groups is 1. The van der Waals surface area contributed by atoms with Gasteiger partial charge in [-0.1, -0.05) is 11.6 Å². The highest BCUT2D eigenvalue weighted by Crippen LogP contribution is 2.20. The molecule has 182 valence electrons. The smallest absolute Gasteiger partial charge is 0.309 e. The van der Waals surface area contributed by atoms with Gasteiger partial charge in [0.25, 0.3) is 21.8 Å². The first kappa shape index (κ1) is 24.4. The minimum absolute atomic E-state index is 0.00835. The average molecular weight is 517 g/mol. The second kappa shape index (κ2) is 9.49. The van der Waals surface area contributed by atoms with Crippen LogP contribution in [-0.2, 0) is 14.8 Å². The Labute approximate surface area is 206 Å². The van der Waals surface area contributed by atoms with E-state index in [1.54, 1.807) is 32.9 Å². The van der Waals surface area contributed by atoms with Crippen molar-refractivity contribution in [3.8, 4) is 0 Å². The van der Waals surface area contributed by atoms with Gasteiger partial charge in [-0.15, -0.1) is 0 Å². The van der Waals surface area contributed by atoms with Gasteiger partial charge < -0.3 is 9.84 Å². The zero-order valence-electron chi connectivity index (χ0n) is 18.9. The summed E-state index contributed by atoms with van der Waals surface area (Å²) in [6.07, 6.45) is 0. The Hall–Kier alpha value is -3.74. The first-order chi connectivity index (χ1) is 16.5. The third-order valence-corrected chi connectivity index (χ3v) is 6.78. The zero-order valence-corrected chi connectivity index (χ0v) is 20.4. The number of halogens is 1. The van der Waals surface area contributed by atoms with Crippen LogP contribution in [0.3, 0.4) is 0 Å². The van der Waals surface area contributed by atoms with Gasteiger partial charge in [-0.05, 0) is 69.3 Å². The first-order valence-electron chi connectivity index (χ1n) is 10.3. The minimum Gasteiger partial charge on any atom is -0.428 e. The molecule has 1 atom stereocenters. The van der Waals surface area contributed by atoms with Gasteiger partial charge in [0.2, 0.25) is 0 Å². The Morgan fingerprint density at radius 3 is 2.31 bits per heavy atom. The predicted molar refractivity (Wildman–Crippen MR) is 130 cm³/mol. The number of nitrogens with one attached hydrogen (secondary N) is 3. The molecule has 2 aromatic carbocycles. The molecule has 0 saturated heterocycles. The highest BCUT2D eigenvalue weighted by Gasteiger charge is 2.37. The summed E-state index contributed by atoms with van der Waals surface area (Å²) in [5, 5.41) is 5.33. The maximum absolute atomic E-state index is 12.8. The van der Waals surface area contributed by atoms with Crippen molar-refractivity contribution < 1.29 is 22.4 Å². The lowest BCUT2D eigenvalue weighted by Gasteiger charge is -2.16. The summed E-state index contributed by atoms with van der Waals surface area (Å²) < 4.78 is 32.7. The lowest BCUT2D eigenvalue weighted by molar-refractivity contribution is -0.127. The fourth-order valence-electron chi connectivity index (χ4n) is 3.16. The van der Waals surface area contributed by atoms with Gasteiger partial charge >= 0.3 is 6.01 Å². The Bertz CT molecular complexity index is 1400. The van der Waals surface area contributed by atoms with Crippen LogP contribution < -0.4 is 15.6 Å². The molecule has 2 amide bonds. The first-order valence-corrected chi connectivity index (χ1v) is 12.2. The molecule has 2 heterocycles. The fraction of sp³-hybridized carbons (Fsp3) is 0.182. The molecule has 3 aromatic rings. The van der Waals surface area contributed by atoms with Gasteiger partial charge in [0.05, 0.1) is 16.3 Å². The number of hydrazine groups is 1. The van der Waals surface area contributed by atoms with Crippen LogP contribution in [0.2, 0.25) is 5.02 Å². The van der Waals surface area contributed by atoms with Crippen LogP contribution in [0.15, 0.2) is 62.9 Å². The summed E-state index contributed by atoms with van der Waals surface area (Å²) in [4.78, 5) is 29.4. The number of hydrogen-bond donors (Lipinski definition) is 3. The molecule has 0 aliphatic carbocycles. The average Bonchev–Trinajstić information content (AvgIpc) is 3.28. The van der Waals surface area contributed by atoms with Crippen LogP contribution in [0, 0.1) is 13.8 Å². The number of anilines is 2. The van der Waals surface area contributed by atoms with E-state index in [9.17, 15) is 18.0 Å². The fourth-order valence-corrected chi connectivity index (χ4v) is 4.21. The lowest BCUT2D eigenvalue weighted by Crippen LogP contribution is -2.46. The number of carbonyl (C=O) groups excluding carboxylic acids is 2. The van der Waals surface area contributed by atoms with Crippen LogP contribution >= 0.6 is 11.6 Å². The quantitative estimate of drug-likeness (QED) is 0.321. The summed E-state index contributed by atoms with van der Waals surface area (Å²) in [7, 11) is -3.91. The zero-order chi connectivity index (χ0) is 25.3. The van der Waals surface area contributed by atoms with Crippen molar-refractivity contribution in [1.82, 2.24) is 15.4 Å². The summed E-state index contributed by atoms with van der Waals surface area (Å²) in [6.45, 7) is 5.00. The second-order valence-corrected chi connectivity index (χ2v) is 9.82. The number of hydrogen-bond acceptors (Lipinski definition) is 9. The van der Waals surface area contributed by atoms with Crippen LogP contribution in [0.5, 0.6) is 0 Å². The van der Waals surface area contributed by atoms with E-state index < -0.39 is 27.9 Å². The van der Waals surface area contributed by atoms with Crippen LogP contribution in [0.1, 0.15) is 28.7 Å². The molecule has 0 bridgehead atoms. The largest absolute Gasteiger partial charge is 0.428 e. The van der Waals surface area contributed by atoms with Gasteiger partial charge in [-0.2, -0.15) is 15.1 Å². The lowest BCUT2D eigenvalue weighted by atomic mass is 10.2. The van der Waals surface area contributed by atoms with Gasteiger partial charge in [0, 0.05) is 16.3 Å². The van der Waals surface area contributed by atoms with Gasteiger partial charge in [-0.25, -0.2) is 18.6 Å². The summed E-state index contributed by atoms with van der Waals surface area (Å²) in [5.41, 5.74) is 7.37. The molecular formula is C22H21ClN6O5S. The highest BCUT2D eigenvalue weighted by atomic mass is 35.5. The number of carbonyl (C=O) groups is 2. The predicted octanol–water partition coefficient (Wildman–Crippen LogP) is 3.09. The van der Waals surface area contributed by atoms with E-state index >= 15 is 0 Å². The Morgan fingerprint density at radius 2 is 1.71 bits per heavy atom. The van der Waals surface area contributed by atoms with Crippen LogP contribution in [0.4, 0.5) is 11.7 Å². The maximum Gasteiger partial charge on any atom is 0.309 e. The molecule has 0 saturated carbocycles. The number of oxazole rings is 1. The molecule has 4 rings (SSSR count). The molecule has 0 radical (unpaired) electrons. The molecule has 1 aliphatic rings. The van der Waals surface area contributed by atoms with Crippen molar-refractivity contribution in [1.29, 1.82) is 0 Å². The number of nitrogens with zero attached hydrogens (tertiary/aromatic N) is 3. The Kier molecular flexibility index (Phi) is 6.61. The van der Waals surface area contributed by atoms with E-state index in [1.165, 1.54) is 36.4 Å². The topological polar surface area (TPSA) is 146 Å². The number of hydrazone groups is 1. The summed E-state index contributed by atoms with van der Waals surface area (Å²) in [5.74, 6) is -0.620. The van der Waals surface area contributed by atoms with Crippen LogP contribution in [0.25, 0.3) is 0 Å². The van der Waals surface area contributed by atoms with Crippen molar-refractivity contribution in [3.63, 3.8) is 0 Å². The van der Waals surface area contributed by atoms with Crippen molar-refractivity contribution in [2.45, 2.75) is 31.7 Å². The Morgan fingerprint density at radius 1 is 1.06 bits per heavy atom. The molecular weight excluding hydrogens is 496 g/mol. The number of amides is 2. The van der Waals surface area contributed by atoms with E-state index in [0.29, 0.717) is 27.9 Å². The maximum atomic E-state index is 12.8. The number of sulfonamides is 1. The SMILES string of the molecule is CC1=NN(C(=O)c2ccc(Cl)cc2)C(=O)C1NNc1ccc(S(=O)(=O)Nc2nc(C)c(C)o2)cc1. The van der Waals surface area contributed by atoms with Gasteiger partial charge in [-0.3, -0.25) is 9.59 Å². The van der Waals surface area contributed by atoms with Crippen molar-refractivity contribution in [3.05, 3.63) is 70.6 Å². The molecule has 1 aromatic heterocycles. The second-order valence-electron chi connectivity index (χ2n) is 7.70. The molecule has 0 fully saturated rings. The molecule has 3 N–H and O–H groups in total. The van der Waals surface area contributed by atoms with E-state index in [4.69, 9.17) is 16.0 Å². The molecule has 0 spiro atoms. The molecule has 1 aliphatic heterocycles. The third-order valence-electron chi connectivity index (χ3n) is 5.19. The number of benzene rings is 2. The molecule has 35 heavy (non-hydrogen) atoms. The summed E-state index contributed by atoms with van der Waals surface area (Å²) in [6, 6.07) is 10.9. The number of rotatable bonds is 7. The van der Waals surface area contributed by atoms with E-state index in [-0.39, 0.29) is 16.5 Å². The standard InChI is InChI=1S/C22H21ClN6O5S/c1-12-14(3)34-22(24-12)28-35(32,33)18-10-8-17(9-11-18)25-26-19-13(2)27-29(21(19)31)20(30)15-4-6-16(23)7-5-15/h4-11,19,25-26H,1-3H3,(H,24,28). The van der Waals surface area contributed by atoms with Crippen molar-refractivity contribution >= 4 is 50.9 Å². The molecule has 11 nitrogen and oxygen atoms in total. The van der Waals surface area contributed by atoms with Crippen molar-refractivity contribution in [2.75, 3.05) is 10.1 Å². The van der Waals surface area contributed by atoms with Crippen LogP contribution in [-0.4, -0.2) is 42.0 Å². The Balaban J connectivity index is 1.39. The molecule has 1 unspecified atom stereocenters. The normalized spacial score (nSPS) is 15.8. The number of aryl methyl sites for hydroxylation is 2. The van der Waals surface area contributed by atoms with E-state index in [2.05, 4.69) is 25.7 Å². The third kappa shape index (κ3) is 5.19. The summed E-state index contributed by atoms with van der Waals surface area (Å²) >= 11 is 5.85. The molecule has 13 heteroatoms. The number of aromatic nitrogens is 1. The highest BCUT2D eigenvalue weighted by molar-refractivity contribution is 7.92. The van der Waals surface area contributed by atoms with E-state index in [1.807, 2.05) is 0 Å². The van der Waals surface area contributed by atoms with Gasteiger partial charge in [0.15, 0.2) is 0 Å². The monoisotopic (exact) mass is 516 g/mol. The van der Waals surface area contributed by atoms with Gasteiger partial charge in [0.1, 0.15) is 11.8 Å². The van der Waals surface area contributed by atoms with E-state index in [0.717, 1.165) is 5.01 Å². The minimum atomic E-state index is -3.91. The van der Waals surface area contributed by atoms with Crippen molar-refractivity contribution in [2.24, 2.45) is 5.10 Å².